The first-order valence-corrected chi connectivity index (χ1v) is 29.1. The van der Waals surface area contributed by atoms with E-state index in [0.29, 0.717) is 0 Å². The first kappa shape index (κ1) is 44.8. The Kier molecular flexibility index (Phi) is 9.64. The number of nitrogens with zero attached hydrogens (tertiary/aromatic N) is 2. The third kappa shape index (κ3) is 6.89. The first-order valence-electron chi connectivity index (χ1n) is 24.8. The molecule has 0 amide bonds. The molecule has 5 aromatic carbocycles. The van der Waals surface area contributed by atoms with Gasteiger partial charge in [-0.2, -0.15) is 0 Å². The van der Waals surface area contributed by atoms with Crippen molar-refractivity contribution in [3.63, 3.8) is 0 Å². The van der Waals surface area contributed by atoms with Crippen LogP contribution >= 0.6 is 11.3 Å². The van der Waals surface area contributed by atoms with Gasteiger partial charge in [-0.3, -0.25) is 0 Å². The zero-order valence-electron chi connectivity index (χ0n) is 43.2. The molecule has 0 fully saturated rings. The van der Waals surface area contributed by atoms with E-state index < -0.39 is 8.07 Å². The fourth-order valence-corrected chi connectivity index (χ4v) is 15.0. The average Bonchev–Trinajstić information content (AvgIpc) is 3.58. The monoisotopic (exact) mass is 895 g/mol. The Hall–Kier alpha value is -4.06. The number of hydrogen-bond donors (Lipinski definition) is 0. The van der Waals surface area contributed by atoms with Crippen molar-refractivity contribution in [2.24, 2.45) is 0 Å². The van der Waals surface area contributed by atoms with E-state index in [2.05, 4.69) is 212 Å². The van der Waals surface area contributed by atoms with E-state index in [1.807, 2.05) is 11.3 Å². The smallest absolute Gasteiger partial charge is 0.254 e. The van der Waals surface area contributed by atoms with Crippen LogP contribution in [-0.4, -0.2) is 14.8 Å². The molecule has 0 bridgehead atoms. The Morgan fingerprint density at radius 1 is 0.523 bits per heavy atom. The van der Waals surface area contributed by atoms with Crippen LogP contribution in [0.15, 0.2) is 78.9 Å². The molecule has 65 heavy (non-hydrogen) atoms. The van der Waals surface area contributed by atoms with Gasteiger partial charge in [0.15, 0.2) is 0 Å². The van der Waals surface area contributed by atoms with Crippen LogP contribution in [0.4, 0.5) is 33.4 Å². The van der Waals surface area contributed by atoms with Gasteiger partial charge in [-0.1, -0.05) is 153 Å². The zero-order chi connectivity index (χ0) is 46.9. The molecule has 2 aliphatic carbocycles. The number of thiophene rings is 1. The second kappa shape index (κ2) is 14.0. The molecular formula is C60H75BN2SSi. The summed E-state index contributed by atoms with van der Waals surface area (Å²) in [5.41, 5.74) is 21.7. The van der Waals surface area contributed by atoms with E-state index in [1.165, 1.54) is 130 Å². The van der Waals surface area contributed by atoms with E-state index in [4.69, 9.17) is 0 Å². The maximum absolute atomic E-state index is 2.76. The standard InChI is InChI=1S/C60H75BN2SSi/c1-36-29-48-53-49(30-36)63(46-23-19-38(56(5,6)7)32-51(46)65(16,17)18)54-52(40-31-37(55(2,3)4)20-24-50(40)64-54)61(53)45-34-43-44(60(14,15)28-27-59(43,12)13)35-47(45)62(48)39-21-22-41-42(33-39)58(10,11)26-25-57(41,8)9/h19-24,29-35H,25-28H2,1-18H3. The Morgan fingerprint density at radius 3 is 1.63 bits per heavy atom. The Labute approximate surface area is 398 Å². The second-order valence-corrected chi connectivity index (χ2v) is 32.6. The van der Waals surface area contributed by atoms with Crippen molar-refractivity contribution >= 4 is 91.2 Å². The molecule has 0 N–H and O–H groups in total. The van der Waals surface area contributed by atoms with Crippen molar-refractivity contribution in [1.29, 1.82) is 0 Å². The maximum atomic E-state index is 2.76. The molecule has 1 aromatic heterocycles. The van der Waals surface area contributed by atoms with Crippen LogP contribution < -0.4 is 31.4 Å². The molecule has 10 rings (SSSR count). The SMILES string of the molecule is Cc1cc2c3c(c1)N(c1ccc(C(C)(C)C)cc1[Si](C)(C)C)c1sc4ccc(C(C)(C)C)cc4c1B3c1cc3c(cc1N2c1ccc2c(c1)C(C)(C)CCC2(C)C)C(C)(C)CCC3(C)C. The van der Waals surface area contributed by atoms with Crippen LogP contribution in [0, 0.1) is 6.92 Å². The first-order chi connectivity index (χ1) is 30.0. The van der Waals surface area contributed by atoms with E-state index >= 15 is 0 Å². The van der Waals surface area contributed by atoms with E-state index in [9.17, 15) is 0 Å². The minimum atomic E-state index is -1.88. The Balaban J connectivity index is 1.37. The highest BCUT2D eigenvalue weighted by atomic mass is 32.1. The fraction of sp³-hybridized carbons (Fsp3) is 0.467. The highest BCUT2D eigenvalue weighted by Gasteiger charge is 2.49. The topological polar surface area (TPSA) is 6.48 Å². The molecule has 3 heterocycles. The molecule has 5 heteroatoms. The molecule has 0 saturated carbocycles. The number of benzene rings is 5. The number of hydrogen-bond acceptors (Lipinski definition) is 3. The lowest BCUT2D eigenvalue weighted by Crippen LogP contribution is -2.62. The molecule has 338 valence electrons. The van der Waals surface area contributed by atoms with Gasteiger partial charge in [0, 0.05) is 33.1 Å². The van der Waals surface area contributed by atoms with Crippen molar-refractivity contribution < 1.29 is 0 Å². The summed E-state index contributed by atoms with van der Waals surface area (Å²) >= 11 is 2.01. The van der Waals surface area contributed by atoms with Crippen LogP contribution in [0.5, 0.6) is 0 Å². The van der Waals surface area contributed by atoms with Crippen molar-refractivity contribution in [3.05, 3.63) is 118 Å². The van der Waals surface area contributed by atoms with Gasteiger partial charge in [0.1, 0.15) is 0 Å². The summed E-state index contributed by atoms with van der Waals surface area (Å²) < 4.78 is 1.38. The van der Waals surface area contributed by atoms with Crippen molar-refractivity contribution in [2.45, 2.75) is 182 Å². The number of anilines is 6. The summed E-state index contributed by atoms with van der Waals surface area (Å²) in [4.78, 5) is 5.49. The van der Waals surface area contributed by atoms with E-state index in [0.717, 1.165) is 0 Å². The highest BCUT2D eigenvalue weighted by molar-refractivity contribution is 7.26. The van der Waals surface area contributed by atoms with Gasteiger partial charge in [0.2, 0.25) is 0 Å². The van der Waals surface area contributed by atoms with Crippen molar-refractivity contribution in [1.82, 2.24) is 0 Å². The largest absolute Gasteiger partial charge is 0.311 e. The summed E-state index contributed by atoms with van der Waals surface area (Å²) in [6, 6.07) is 33.0. The third-order valence-electron chi connectivity index (χ3n) is 16.7. The van der Waals surface area contributed by atoms with Gasteiger partial charge in [-0.05, 0) is 173 Å². The minimum absolute atomic E-state index is 0.0239. The summed E-state index contributed by atoms with van der Waals surface area (Å²) in [5, 5.41) is 4.33. The van der Waals surface area contributed by atoms with Gasteiger partial charge in [0.05, 0.1) is 13.1 Å². The van der Waals surface area contributed by atoms with Crippen molar-refractivity contribution in [2.75, 3.05) is 9.80 Å². The fourth-order valence-electron chi connectivity index (χ4n) is 12.2. The van der Waals surface area contributed by atoms with Crippen LogP contribution in [0.2, 0.25) is 19.6 Å². The number of fused-ring (bicyclic) bond motifs is 8. The summed E-state index contributed by atoms with van der Waals surface area (Å²) in [6.07, 6.45) is 4.78. The van der Waals surface area contributed by atoms with Gasteiger partial charge in [-0.25, -0.2) is 0 Å². The number of rotatable bonds is 3. The Morgan fingerprint density at radius 2 is 1.05 bits per heavy atom. The van der Waals surface area contributed by atoms with Crippen LogP contribution in [0.3, 0.4) is 0 Å². The quantitative estimate of drug-likeness (QED) is 0.163. The summed E-state index contributed by atoms with van der Waals surface area (Å²) in [7, 11) is -1.88. The lowest BCUT2D eigenvalue weighted by atomic mass is 9.33. The van der Waals surface area contributed by atoms with Crippen LogP contribution in [-0.2, 0) is 32.5 Å². The molecule has 2 nitrogen and oxygen atoms in total. The summed E-state index contributed by atoms with van der Waals surface area (Å²) in [5.74, 6) is 0. The molecule has 0 radical (unpaired) electrons. The van der Waals surface area contributed by atoms with Crippen molar-refractivity contribution in [3.8, 4) is 0 Å². The second-order valence-electron chi connectivity index (χ2n) is 26.6. The van der Waals surface area contributed by atoms with Gasteiger partial charge in [0.25, 0.3) is 6.71 Å². The van der Waals surface area contributed by atoms with Crippen LogP contribution in [0.25, 0.3) is 10.1 Å². The molecule has 2 aliphatic heterocycles. The molecule has 4 aliphatic rings. The van der Waals surface area contributed by atoms with E-state index in [-0.39, 0.29) is 39.2 Å². The maximum Gasteiger partial charge on any atom is 0.254 e. The highest BCUT2D eigenvalue weighted by Crippen LogP contribution is 2.54. The molecule has 0 unspecified atom stereocenters. The molecule has 6 aromatic rings. The third-order valence-corrected chi connectivity index (χ3v) is 19.9. The number of aryl methyl sites for hydroxylation is 1. The zero-order valence-corrected chi connectivity index (χ0v) is 45.0. The normalized spacial score (nSPS) is 19.1. The van der Waals surface area contributed by atoms with Gasteiger partial charge in [-0.15, -0.1) is 11.3 Å². The van der Waals surface area contributed by atoms with Gasteiger partial charge >= 0.3 is 0 Å². The predicted octanol–water partition coefficient (Wildman–Crippen LogP) is 15.1. The van der Waals surface area contributed by atoms with Crippen LogP contribution in [0.1, 0.15) is 162 Å². The molecule has 0 saturated heterocycles. The van der Waals surface area contributed by atoms with E-state index in [1.54, 1.807) is 0 Å². The predicted molar refractivity (Wildman–Crippen MR) is 292 cm³/mol. The molecule has 0 spiro atoms. The lowest BCUT2D eigenvalue weighted by Gasteiger charge is -2.48. The minimum Gasteiger partial charge on any atom is -0.311 e. The molecule has 0 atom stereocenters. The molecular weight excluding hydrogens is 820 g/mol. The summed E-state index contributed by atoms with van der Waals surface area (Å²) in [6.45, 7) is 44.1. The Bertz CT molecular complexity index is 2980. The lowest BCUT2D eigenvalue weighted by molar-refractivity contribution is 0.332. The van der Waals surface area contributed by atoms with Gasteiger partial charge < -0.3 is 9.80 Å². The average molecular weight is 895 g/mol.